The van der Waals surface area contributed by atoms with Gasteiger partial charge in [0.2, 0.25) is 5.91 Å². The number of amides is 1. The zero-order chi connectivity index (χ0) is 27.1. The number of halogens is 3. The zero-order valence-corrected chi connectivity index (χ0v) is 24.3. The Bertz CT molecular complexity index is 1150. The number of hydrogen-bond donors (Lipinski definition) is 2. The number of aliphatic imine (C=N–C) groups is 1. The summed E-state index contributed by atoms with van der Waals surface area (Å²) in [4.78, 5) is 22.6. The average molecular weight is 581 g/mol. The van der Waals surface area contributed by atoms with E-state index in [0.29, 0.717) is 44.7 Å². The number of amidine groups is 1. The van der Waals surface area contributed by atoms with E-state index in [0.717, 1.165) is 50.7 Å². The van der Waals surface area contributed by atoms with Crippen molar-refractivity contribution in [3.63, 3.8) is 0 Å². The molecule has 0 saturated carbocycles. The van der Waals surface area contributed by atoms with Gasteiger partial charge in [-0.1, -0.05) is 47.3 Å². The Morgan fingerprint density at radius 1 is 1.11 bits per heavy atom. The quantitative estimate of drug-likeness (QED) is 0.294. The highest BCUT2D eigenvalue weighted by molar-refractivity contribution is 6.35. The lowest BCUT2D eigenvalue weighted by Gasteiger charge is -2.37. The van der Waals surface area contributed by atoms with E-state index in [2.05, 4.69) is 27.4 Å². The topological polar surface area (TPSA) is 69.2 Å². The van der Waals surface area contributed by atoms with Gasteiger partial charge in [0.25, 0.3) is 0 Å². The van der Waals surface area contributed by atoms with Crippen LogP contribution >= 0.6 is 34.8 Å². The zero-order valence-electron chi connectivity index (χ0n) is 22.0. The number of aryl methyl sites for hydroxylation is 1. The lowest BCUT2D eigenvalue weighted by molar-refractivity contribution is -0.116. The number of carbonyl (C=O) groups excluding carboxylic acids is 1. The number of hydrogen-bond acceptors (Lipinski definition) is 5. The van der Waals surface area contributed by atoms with Crippen molar-refractivity contribution in [1.82, 2.24) is 15.1 Å². The third-order valence-corrected chi connectivity index (χ3v) is 7.87. The first-order valence-electron chi connectivity index (χ1n) is 13.2. The van der Waals surface area contributed by atoms with Crippen molar-refractivity contribution in [2.75, 3.05) is 51.7 Å². The van der Waals surface area contributed by atoms with Crippen LogP contribution in [0.1, 0.15) is 38.2 Å². The monoisotopic (exact) mass is 579 g/mol. The van der Waals surface area contributed by atoms with Crippen molar-refractivity contribution in [3.8, 4) is 5.75 Å². The highest BCUT2D eigenvalue weighted by atomic mass is 35.5. The van der Waals surface area contributed by atoms with Gasteiger partial charge in [0, 0.05) is 48.2 Å². The second-order valence-electron chi connectivity index (χ2n) is 9.95. The highest BCUT2D eigenvalue weighted by Crippen LogP contribution is 2.37. The average Bonchev–Trinajstić information content (AvgIpc) is 2.89. The lowest BCUT2D eigenvalue weighted by atomic mass is 10.1. The molecular weight excluding hydrogens is 545 g/mol. The Hall–Kier alpha value is -2.03. The molecule has 0 unspecified atom stereocenters. The van der Waals surface area contributed by atoms with Crippen LogP contribution in [0.5, 0.6) is 5.75 Å². The number of carbonyl (C=O) groups is 1. The van der Waals surface area contributed by atoms with Gasteiger partial charge in [0.05, 0.1) is 30.1 Å². The number of ether oxygens (including phenoxy) is 1. The first-order valence-corrected chi connectivity index (χ1v) is 14.4. The van der Waals surface area contributed by atoms with Gasteiger partial charge < -0.3 is 20.3 Å². The van der Waals surface area contributed by atoms with Crippen molar-refractivity contribution < 1.29 is 9.53 Å². The first-order chi connectivity index (χ1) is 18.3. The van der Waals surface area contributed by atoms with Crippen LogP contribution in [0.15, 0.2) is 35.3 Å². The van der Waals surface area contributed by atoms with Gasteiger partial charge in [0.1, 0.15) is 11.6 Å². The third-order valence-electron chi connectivity index (χ3n) is 6.98. The van der Waals surface area contributed by atoms with Crippen LogP contribution in [0.4, 0.5) is 11.4 Å². The van der Waals surface area contributed by atoms with Gasteiger partial charge in [0.15, 0.2) is 0 Å². The molecule has 4 rings (SSSR count). The van der Waals surface area contributed by atoms with Crippen LogP contribution in [-0.4, -0.2) is 74.0 Å². The molecule has 2 heterocycles. The summed E-state index contributed by atoms with van der Waals surface area (Å²) >= 11 is 18.9. The second kappa shape index (κ2) is 13.9. The number of anilines is 1. The number of benzene rings is 2. The number of nitrogens with one attached hydrogen (secondary N) is 2. The summed E-state index contributed by atoms with van der Waals surface area (Å²) in [7, 11) is 1.58. The maximum absolute atomic E-state index is 12.7. The summed E-state index contributed by atoms with van der Waals surface area (Å²) in [6, 6.07) is 9.19. The molecular formula is C28H36Cl3N5O2. The highest BCUT2D eigenvalue weighted by Gasteiger charge is 2.23. The molecule has 2 aromatic rings. The maximum Gasteiger partial charge on any atom is 0.224 e. The molecule has 1 atom stereocenters. The molecule has 0 spiro atoms. The molecule has 10 heteroatoms. The van der Waals surface area contributed by atoms with Gasteiger partial charge in [-0.05, 0) is 63.0 Å². The fraction of sp³-hybridized carbons (Fsp3) is 0.500. The summed E-state index contributed by atoms with van der Waals surface area (Å²) in [6.07, 6.45) is 4.47. The van der Waals surface area contributed by atoms with Crippen LogP contribution in [-0.2, 0) is 11.2 Å². The van der Waals surface area contributed by atoms with Crippen LogP contribution in [0.3, 0.4) is 0 Å². The number of piperidine rings is 1. The summed E-state index contributed by atoms with van der Waals surface area (Å²) in [5, 5.41) is 8.01. The van der Waals surface area contributed by atoms with Crippen molar-refractivity contribution >= 4 is 57.9 Å². The molecule has 0 bridgehead atoms. The smallest absolute Gasteiger partial charge is 0.224 e. The van der Waals surface area contributed by atoms with Crippen molar-refractivity contribution in [2.24, 2.45) is 4.99 Å². The molecule has 7 nitrogen and oxygen atoms in total. The van der Waals surface area contributed by atoms with Gasteiger partial charge in [-0.25, -0.2) is 4.99 Å². The lowest BCUT2D eigenvalue weighted by Crippen LogP contribution is -2.53. The largest absolute Gasteiger partial charge is 0.494 e. The molecule has 2 N–H and O–H groups in total. The van der Waals surface area contributed by atoms with Crippen molar-refractivity contribution in [3.05, 3.63) is 51.0 Å². The Morgan fingerprint density at radius 2 is 1.89 bits per heavy atom. The van der Waals surface area contributed by atoms with Crippen LogP contribution in [0.25, 0.3) is 0 Å². The molecule has 0 aromatic heterocycles. The second-order valence-corrected chi connectivity index (χ2v) is 11.2. The Morgan fingerprint density at radius 3 is 2.61 bits per heavy atom. The molecule has 2 aliphatic heterocycles. The maximum atomic E-state index is 12.7. The Balaban J connectivity index is 1.51. The summed E-state index contributed by atoms with van der Waals surface area (Å²) in [5.41, 5.74) is 2.01. The van der Waals surface area contributed by atoms with Crippen molar-refractivity contribution in [2.45, 2.75) is 45.1 Å². The number of likely N-dealkylation sites (tertiary alicyclic amines) is 1. The van der Waals surface area contributed by atoms with Crippen LogP contribution in [0, 0.1) is 0 Å². The van der Waals surface area contributed by atoms with E-state index in [1.54, 1.807) is 31.4 Å². The number of methoxy groups -OCH3 is 1. The third kappa shape index (κ3) is 7.99. The van der Waals surface area contributed by atoms with E-state index >= 15 is 0 Å². The molecule has 2 saturated heterocycles. The van der Waals surface area contributed by atoms with Gasteiger partial charge >= 0.3 is 0 Å². The predicted octanol–water partition coefficient (Wildman–Crippen LogP) is 6.04. The molecule has 38 heavy (non-hydrogen) atoms. The molecule has 1 amide bonds. The SMILES string of the molecule is COc1cc(N=C(CN2CCCCC2)N2CCN[C@@H](C)C2)c(Cl)cc1NC(=O)CCc1ccc(Cl)cc1Cl. The van der Waals surface area contributed by atoms with Gasteiger partial charge in [-0.15, -0.1) is 0 Å². The van der Waals surface area contributed by atoms with E-state index in [1.165, 1.54) is 19.3 Å². The standard InChI is InChI=1S/C28H36Cl3N5O2/c1-19-17-36(13-10-32-19)27(18-35-11-4-3-5-12-35)33-24-16-26(38-2)25(15-23(24)31)34-28(37)9-7-20-6-8-21(29)14-22(20)30/h6,8,14-16,19,32H,3-5,7,9-13,17-18H2,1-2H3,(H,34,37)/t19-/m0/s1. The normalized spacial score (nSPS) is 18.9. The minimum absolute atomic E-state index is 0.165. The molecule has 2 aromatic carbocycles. The Labute approximate surface area is 240 Å². The first kappa shape index (κ1) is 29.0. The van der Waals surface area contributed by atoms with E-state index in [1.807, 2.05) is 6.07 Å². The molecule has 2 aliphatic rings. The fourth-order valence-electron chi connectivity index (χ4n) is 4.91. The van der Waals surface area contributed by atoms with Crippen molar-refractivity contribution in [1.29, 1.82) is 0 Å². The Kier molecular flexibility index (Phi) is 10.6. The van der Waals surface area contributed by atoms with E-state index < -0.39 is 0 Å². The van der Waals surface area contributed by atoms with Crippen LogP contribution in [0.2, 0.25) is 15.1 Å². The number of nitrogens with zero attached hydrogens (tertiary/aromatic N) is 3. The minimum atomic E-state index is -0.165. The van der Waals surface area contributed by atoms with E-state index in [4.69, 9.17) is 44.5 Å². The van der Waals surface area contributed by atoms with E-state index in [9.17, 15) is 4.79 Å². The predicted molar refractivity (Wildman–Crippen MR) is 158 cm³/mol. The summed E-state index contributed by atoms with van der Waals surface area (Å²) in [6.45, 7) is 7.87. The molecule has 206 valence electrons. The molecule has 2 fully saturated rings. The molecule has 0 aliphatic carbocycles. The summed E-state index contributed by atoms with van der Waals surface area (Å²) in [5.74, 6) is 1.36. The molecule has 0 radical (unpaired) electrons. The van der Waals surface area contributed by atoms with Gasteiger partial charge in [-0.3, -0.25) is 9.69 Å². The number of piperazine rings is 1. The fourth-order valence-corrected chi connectivity index (χ4v) is 5.62. The van der Waals surface area contributed by atoms with E-state index in [-0.39, 0.29) is 12.3 Å². The number of rotatable bonds is 8. The van der Waals surface area contributed by atoms with Crippen LogP contribution < -0.4 is 15.4 Å². The summed E-state index contributed by atoms with van der Waals surface area (Å²) < 4.78 is 5.62. The minimum Gasteiger partial charge on any atom is -0.494 e. The van der Waals surface area contributed by atoms with Gasteiger partial charge in [-0.2, -0.15) is 0 Å².